The molecule has 0 aliphatic carbocycles. The van der Waals surface area contributed by atoms with Crippen LogP contribution >= 0.6 is 15.9 Å². The van der Waals surface area contributed by atoms with Crippen LogP contribution in [0.25, 0.3) is 10.9 Å². The van der Waals surface area contributed by atoms with E-state index >= 15 is 0 Å². The number of aryl methyl sites for hydroxylation is 1. The van der Waals surface area contributed by atoms with E-state index in [0.29, 0.717) is 0 Å². The molecule has 0 radical (unpaired) electrons. The average molecular weight is 291 g/mol. The fourth-order valence-corrected chi connectivity index (χ4v) is 2.93. The summed E-state index contributed by atoms with van der Waals surface area (Å²) in [4.78, 5) is 7.18. The second kappa shape index (κ2) is 4.30. The van der Waals surface area contributed by atoms with E-state index in [-0.39, 0.29) is 0 Å². The summed E-state index contributed by atoms with van der Waals surface area (Å²) in [7, 11) is 0. The number of nitrogens with zero attached hydrogens (tertiary/aromatic N) is 2. The topological polar surface area (TPSA) is 16.1 Å². The zero-order valence-corrected chi connectivity index (χ0v) is 11.5. The zero-order valence-electron chi connectivity index (χ0n) is 9.91. The maximum absolute atomic E-state index is 4.80. The summed E-state index contributed by atoms with van der Waals surface area (Å²) in [6.07, 6.45) is 2.57. The Morgan fingerprint density at radius 2 is 2.00 bits per heavy atom. The van der Waals surface area contributed by atoms with Gasteiger partial charge in [-0.25, -0.2) is 4.98 Å². The van der Waals surface area contributed by atoms with Crippen molar-refractivity contribution in [2.45, 2.75) is 19.8 Å². The molecule has 0 saturated carbocycles. The van der Waals surface area contributed by atoms with Gasteiger partial charge >= 0.3 is 0 Å². The van der Waals surface area contributed by atoms with Gasteiger partial charge in [-0.15, -0.1) is 0 Å². The van der Waals surface area contributed by atoms with Crippen molar-refractivity contribution in [2.75, 3.05) is 18.0 Å². The third-order valence-electron chi connectivity index (χ3n) is 3.41. The second-order valence-electron chi connectivity index (χ2n) is 4.63. The summed E-state index contributed by atoms with van der Waals surface area (Å²) in [6, 6.07) is 8.47. The number of halogens is 1. The molecule has 1 saturated heterocycles. The highest BCUT2D eigenvalue weighted by molar-refractivity contribution is 9.10. The quantitative estimate of drug-likeness (QED) is 0.792. The van der Waals surface area contributed by atoms with E-state index in [4.69, 9.17) is 4.98 Å². The number of hydrogen-bond donors (Lipinski definition) is 0. The Morgan fingerprint density at radius 3 is 2.76 bits per heavy atom. The van der Waals surface area contributed by atoms with Gasteiger partial charge in [0.1, 0.15) is 5.82 Å². The van der Waals surface area contributed by atoms with Crippen LogP contribution in [-0.2, 0) is 0 Å². The maximum atomic E-state index is 4.80. The number of rotatable bonds is 1. The van der Waals surface area contributed by atoms with Gasteiger partial charge < -0.3 is 4.90 Å². The Kier molecular flexibility index (Phi) is 2.79. The highest BCUT2D eigenvalue weighted by Crippen LogP contribution is 2.29. The SMILES string of the molecule is Cc1cc(N2CCCC2)nc2c(Br)cccc12. The molecule has 88 valence electrons. The molecule has 3 heteroatoms. The smallest absolute Gasteiger partial charge is 0.129 e. The van der Waals surface area contributed by atoms with E-state index in [0.717, 1.165) is 28.9 Å². The predicted octanol–water partition coefficient (Wildman–Crippen LogP) is 3.91. The van der Waals surface area contributed by atoms with Crippen LogP contribution in [0.3, 0.4) is 0 Å². The van der Waals surface area contributed by atoms with Crippen molar-refractivity contribution < 1.29 is 0 Å². The molecule has 3 rings (SSSR count). The van der Waals surface area contributed by atoms with Crippen LogP contribution in [0.2, 0.25) is 0 Å². The molecule has 2 aromatic rings. The first-order valence-corrected chi connectivity index (χ1v) is 6.86. The number of para-hydroxylation sites is 1. The Labute approximate surface area is 110 Å². The number of hydrogen-bond acceptors (Lipinski definition) is 2. The monoisotopic (exact) mass is 290 g/mol. The van der Waals surface area contributed by atoms with E-state index < -0.39 is 0 Å². The summed E-state index contributed by atoms with van der Waals surface area (Å²) in [6.45, 7) is 4.45. The minimum absolute atomic E-state index is 1.08. The molecule has 1 aliphatic heterocycles. The average Bonchev–Trinajstić information content (AvgIpc) is 2.84. The van der Waals surface area contributed by atoms with Crippen LogP contribution in [-0.4, -0.2) is 18.1 Å². The van der Waals surface area contributed by atoms with E-state index in [2.05, 4.69) is 52.0 Å². The predicted molar refractivity (Wildman–Crippen MR) is 75.6 cm³/mol. The summed E-state index contributed by atoms with van der Waals surface area (Å²) in [5.41, 5.74) is 2.38. The van der Waals surface area contributed by atoms with Crippen LogP contribution < -0.4 is 4.90 Å². The molecule has 1 aliphatic rings. The van der Waals surface area contributed by atoms with Gasteiger partial charge in [-0.05, 0) is 53.4 Å². The van der Waals surface area contributed by atoms with Gasteiger partial charge in [0.15, 0.2) is 0 Å². The molecule has 2 heterocycles. The minimum Gasteiger partial charge on any atom is -0.357 e. The molecule has 17 heavy (non-hydrogen) atoms. The fourth-order valence-electron chi connectivity index (χ4n) is 2.47. The first-order valence-electron chi connectivity index (χ1n) is 6.06. The third-order valence-corrected chi connectivity index (χ3v) is 4.05. The largest absolute Gasteiger partial charge is 0.357 e. The van der Waals surface area contributed by atoms with Gasteiger partial charge in [-0.2, -0.15) is 0 Å². The van der Waals surface area contributed by atoms with Gasteiger partial charge in [-0.1, -0.05) is 12.1 Å². The summed E-state index contributed by atoms with van der Waals surface area (Å²) >= 11 is 3.59. The van der Waals surface area contributed by atoms with Crippen LogP contribution in [0.5, 0.6) is 0 Å². The van der Waals surface area contributed by atoms with Gasteiger partial charge in [0, 0.05) is 22.9 Å². The Bertz CT molecular complexity index is 559. The number of pyridine rings is 1. The normalized spacial score (nSPS) is 15.8. The molecular weight excluding hydrogens is 276 g/mol. The lowest BCUT2D eigenvalue weighted by molar-refractivity contribution is 0.942. The molecule has 2 nitrogen and oxygen atoms in total. The van der Waals surface area contributed by atoms with Gasteiger partial charge in [-0.3, -0.25) is 0 Å². The van der Waals surface area contributed by atoms with E-state index in [1.54, 1.807) is 0 Å². The lowest BCUT2D eigenvalue weighted by Crippen LogP contribution is -2.19. The Hall–Kier alpha value is -1.09. The van der Waals surface area contributed by atoms with E-state index in [9.17, 15) is 0 Å². The minimum atomic E-state index is 1.08. The van der Waals surface area contributed by atoms with Crippen LogP contribution in [0.1, 0.15) is 18.4 Å². The van der Waals surface area contributed by atoms with Crippen molar-refractivity contribution in [2.24, 2.45) is 0 Å². The maximum Gasteiger partial charge on any atom is 0.129 e. The first kappa shape index (κ1) is 11.0. The van der Waals surface area contributed by atoms with Gasteiger partial charge in [0.2, 0.25) is 0 Å². The zero-order chi connectivity index (χ0) is 11.8. The van der Waals surface area contributed by atoms with Crippen LogP contribution in [0.15, 0.2) is 28.7 Å². The molecule has 0 atom stereocenters. The standard InChI is InChI=1S/C14H15BrN2/c1-10-9-13(17-7-2-3-8-17)16-14-11(10)5-4-6-12(14)15/h4-6,9H,2-3,7-8H2,1H3. The molecule has 1 fully saturated rings. The first-order chi connectivity index (χ1) is 8.25. The summed E-state index contributed by atoms with van der Waals surface area (Å²) in [5.74, 6) is 1.12. The second-order valence-corrected chi connectivity index (χ2v) is 5.48. The highest BCUT2D eigenvalue weighted by Gasteiger charge is 2.15. The van der Waals surface area contributed by atoms with Crippen LogP contribution in [0, 0.1) is 6.92 Å². The number of fused-ring (bicyclic) bond motifs is 1. The van der Waals surface area contributed by atoms with Crippen molar-refractivity contribution >= 4 is 32.7 Å². The third kappa shape index (κ3) is 1.93. The van der Waals surface area contributed by atoms with Gasteiger partial charge in [0.05, 0.1) is 5.52 Å². The highest BCUT2D eigenvalue weighted by atomic mass is 79.9. The fraction of sp³-hybridized carbons (Fsp3) is 0.357. The van der Waals surface area contributed by atoms with E-state index in [1.165, 1.54) is 23.8 Å². The lowest BCUT2D eigenvalue weighted by atomic mass is 10.1. The number of aromatic nitrogens is 1. The number of benzene rings is 1. The summed E-state index contributed by atoms with van der Waals surface area (Å²) in [5, 5.41) is 1.24. The van der Waals surface area contributed by atoms with Gasteiger partial charge in [0.25, 0.3) is 0 Å². The van der Waals surface area contributed by atoms with Crippen molar-refractivity contribution in [1.29, 1.82) is 0 Å². The van der Waals surface area contributed by atoms with Crippen molar-refractivity contribution in [1.82, 2.24) is 4.98 Å². The van der Waals surface area contributed by atoms with Crippen molar-refractivity contribution in [3.05, 3.63) is 34.3 Å². The van der Waals surface area contributed by atoms with Crippen molar-refractivity contribution in [3.8, 4) is 0 Å². The molecule has 1 aromatic heterocycles. The Balaban J connectivity index is 2.18. The Morgan fingerprint density at radius 1 is 1.24 bits per heavy atom. The van der Waals surface area contributed by atoms with Crippen molar-refractivity contribution in [3.63, 3.8) is 0 Å². The van der Waals surface area contributed by atoms with E-state index in [1.807, 2.05) is 0 Å². The number of anilines is 1. The molecule has 0 N–H and O–H groups in total. The molecule has 0 spiro atoms. The molecule has 0 unspecified atom stereocenters. The molecule has 0 amide bonds. The lowest BCUT2D eigenvalue weighted by Gasteiger charge is -2.18. The van der Waals surface area contributed by atoms with Crippen LogP contribution in [0.4, 0.5) is 5.82 Å². The molecule has 1 aromatic carbocycles. The molecular formula is C14H15BrN2. The molecule has 0 bridgehead atoms. The summed E-state index contributed by atoms with van der Waals surface area (Å²) < 4.78 is 1.08.